The molecule has 122 valence electrons. The van der Waals surface area contributed by atoms with Gasteiger partial charge in [-0.15, -0.1) is 0 Å². The number of carbonyl (C=O) groups is 1. The summed E-state index contributed by atoms with van der Waals surface area (Å²) in [5.74, 6) is -0.174. The van der Waals surface area contributed by atoms with Crippen LogP contribution in [0.15, 0.2) is 24.3 Å². The van der Waals surface area contributed by atoms with E-state index in [1.807, 2.05) is 24.3 Å². The fourth-order valence-electron chi connectivity index (χ4n) is 2.73. The van der Waals surface area contributed by atoms with Gasteiger partial charge in [-0.25, -0.2) is 9.78 Å². The van der Waals surface area contributed by atoms with Gasteiger partial charge in [0.05, 0.1) is 37.6 Å². The zero-order chi connectivity index (χ0) is 16.2. The molecule has 1 aliphatic rings. The van der Waals surface area contributed by atoms with E-state index < -0.39 is 5.97 Å². The van der Waals surface area contributed by atoms with E-state index in [9.17, 15) is 4.79 Å². The van der Waals surface area contributed by atoms with Crippen molar-refractivity contribution in [3.63, 3.8) is 0 Å². The molecule has 1 aromatic heterocycles. The number of benzene rings is 1. The molecule has 1 atom stereocenters. The molecular weight excluding hydrogens is 296 g/mol. The molecule has 1 fully saturated rings. The maximum absolute atomic E-state index is 12.4. The molecule has 6 heteroatoms. The maximum Gasteiger partial charge on any atom is 0.345 e. The first-order valence-corrected chi connectivity index (χ1v) is 7.72. The predicted octanol–water partition coefficient (Wildman–Crippen LogP) is 2.62. The van der Waals surface area contributed by atoms with Crippen molar-refractivity contribution in [2.24, 2.45) is 0 Å². The highest BCUT2D eigenvalue weighted by Gasteiger charge is 2.26. The summed E-state index contributed by atoms with van der Waals surface area (Å²) < 4.78 is 16.0. The molecule has 3 rings (SSSR count). The van der Waals surface area contributed by atoms with Crippen LogP contribution in [0, 0.1) is 0 Å². The minimum atomic E-state index is -0.441. The lowest BCUT2D eigenvalue weighted by molar-refractivity contribution is 0.0523. The van der Waals surface area contributed by atoms with E-state index >= 15 is 0 Å². The smallest absolute Gasteiger partial charge is 0.345 e. The number of fused-ring (bicyclic) bond motifs is 1. The molecule has 0 bridgehead atoms. The van der Waals surface area contributed by atoms with Crippen LogP contribution in [0.1, 0.15) is 23.7 Å². The third-order valence-corrected chi connectivity index (χ3v) is 3.81. The van der Waals surface area contributed by atoms with E-state index in [-0.39, 0.29) is 11.9 Å². The molecule has 6 nitrogen and oxygen atoms in total. The van der Waals surface area contributed by atoms with Crippen molar-refractivity contribution in [1.29, 1.82) is 0 Å². The lowest BCUT2D eigenvalue weighted by Crippen LogP contribution is -2.22. The van der Waals surface area contributed by atoms with E-state index in [1.165, 1.54) is 7.11 Å². The summed E-state index contributed by atoms with van der Waals surface area (Å²) in [5.41, 5.74) is 1.79. The highest BCUT2D eigenvalue weighted by Crippen LogP contribution is 2.34. The number of nitrogens with zero attached hydrogens (tertiary/aromatic N) is 1. The summed E-state index contributed by atoms with van der Waals surface area (Å²) in [6.07, 6.45) is 0.890. The van der Waals surface area contributed by atoms with Crippen molar-refractivity contribution in [1.82, 2.24) is 4.98 Å². The van der Waals surface area contributed by atoms with Gasteiger partial charge in [-0.3, -0.25) is 0 Å². The maximum atomic E-state index is 12.4. The summed E-state index contributed by atoms with van der Waals surface area (Å²) in [4.78, 5) is 16.9. The summed E-state index contributed by atoms with van der Waals surface area (Å²) in [7, 11) is 1.50. The van der Waals surface area contributed by atoms with Gasteiger partial charge >= 0.3 is 5.97 Å². The Bertz CT molecular complexity index is 711. The van der Waals surface area contributed by atoms with Gasteiger partial charge in [-0.05, 0) is 19.4 Å². The molecule has 1 N–H and O–H groups in total. The molecule has 1 aliphatic heterocycles. The summed E-state index contributed by atoms with van der Waals surface area (Å²) in [6, 6.07) is 7.80. The number of hydrogen-bond acceptors (Lipinski definition) is 6. The molecule has 1 aromatic carbocycles. The minimum Gasteiger partial charge on any atom is -0.480 e. The van der Waals surface area contributed by atoms with Crippen LogP contribution in [0.5, 0.6) is 5.88 Å². The highest BCUT2D eigenvalue weighted by molar-refractivity contribution is 6.07. The van der Waals surface area contributed by atoms with Crippen LogP contribution in [0.2, 0.25) is 0 Å². The van der Waals surface area contributed by atoms with Crippen LogP contribution in [0.25, 0.3) is 10.9 Å². The van der Waals surface area contributed by atoms with Crippen LogP contribution in [0.3, 0.4) is 0 Å². The zero-order valence-corrected chi connectivity index (χ0v) is 13.3. The molecule has 0 spiro atoms. The molecule has 2 aromatic rings. The van der Waals surface area contributed by atoms with Crippen molar-refractivity contribution < 1.29 is 19.0 Å². The van der Waals surface area contributed by atoms with Crippen LogP contribution in [-0.4, -0.2) is 43.9 Å². The van der Waals surface area contributed by atoms with E-state index in [0.29, 0.717) is 31.1 Å². The Morgan fingerprint density at radius 3 is 2.96 bits per heavy atom. The van der Waals surface area contributed by atoms with E-state index in [2.05, 4.69) is 10.3 Å². The number of anilines is 1. The van der Waals surface area contributed by atoms with Gasteiger partial charge in [0.15, 0.2) is 0 Å². The van der Waals surface area contributed by atoms with Crippen LogP contribution in [0.4, 0.5) is 5.69 Å². The molecule has 0 aliphatic carbocycles. The standard InChI is InChI=1S/C17H20N2O4/c1-3-23-17(20)14-15(18-11-8-9-22-10-11)12-6-4-5-7-13(12)19-16(14)21-2/h4-7,11H,3,8-10H2,1-2H3,(H,18,19). The Hall–Kier alpha value is -2.34. The van der Waals surface area contributed by atoms with Gasteiger partial charge in [0.25, 0.3) is 0 Å². The first-order valence-electron chi connectivity index (χ1n) is 7.72. The van der Waals surface area contributed by atoms with E-state index in [4.69, 9.17) is 14.2 Å². The number of aromatic nitrogens is 1. The third-order valence-electron chi connectivity index (χ3n) is 3.81. The first-order chi connectivity index (χ1) is 11.2. The lowest BCUT2D eigenvalue weighted by atomic mass is 10.1. The molecule has 0 radical (unpaired) electrons. The van der Waals surface area contributed by atoms with Gasteiger partial charge in [0.1, 0.15) is 5.56 Å². The summed E-state index contributed by atoms with van der Waals surface area (Å²) in [6.45, 7) is 3.39. The number of nitrogens with one attached hydrogen (secondary N) is 1. The summed E-state index contributed by atoms with van der Waals surface area (Å²) >= 11 is 0. The average molecular weight is 316 g/mol. The Morgan fingerprint density at radius 1 is 1.43 bits per heavy atom. The number of para-hydroxylation sites is 1. The average Bonchev–Trinajstić information content (AvgIpc) is 3.07. The fourth-order valence-corrected chi connectivity index (χ4v) is 2.73. The quantitative estimate of drug-likeness (QED) is 0.855. The van der Waals surface area contributed by atoms with E-state index in [1.54, 1.807) is 6.92 Å². The van der Waals surface area contributed by atoms with E-state index in [0.717, 1.165) is 17.3 Å². The molecule has 0 amide bonds. The molecule has 1 saturated heterocycles. The van der Waals surface area contributed by atoms with Crippen molar-refractivity contribution in [2.45, 2.75) is 19.4 Å². The zero-order valence-electron chi connectivity index (χ0n) is 13.3. The Balaban J connectivity index is 2.16. The number of carbonyl (C=O) groups excluding carboxylic acids is 1. The van der Waals surface area contributed by atoms with Crippen molar-refractivity contribution in [3.05, 3.63) is 29.8 Å². The molecule has 23 heavy (non-hydrogen) atoms. The molecular formula is C17H20N2O4. The summed E-state index contributed by atoms with van der Waals surface area (Å²) in [5, 5.41) is 4.28. The highest BCUT2D eigenvalue weighted by atomic mass is 16.5. The second kappa shape index (κ2) is 6.83. The topological polar surface area (TPSA) is 69.7 Å². The van der Waals surface area contributed by atoms with Gasteiger partial charge in [0.2, 0.25) is 5.88 Å². The van der Waals surface area contributed by atoms with Crippen LogP contribution < -0.4 is 10.1 Å². The second-order valence-electron chi connectivity index (χ2n) is 5.31. The lowest BCUT2D eigenvalue weighted by Gasteiger charge is -2.19. The van der Waals surface area contributed by atoms with Gasteiger partial charge < -0.3 is 19.5 Å². The largest absolute Gasteiger partial charge is 0.480 e. The molecule has 0 saturated carbocycles. The third kappa shape index (κ3) is 3.07. The SMILES string of the molecule is CCOC(=O)c1c(OC)nc2ccccc2c1NC1CCOC1. The Kier molecular flexibility index (Phi) is 4.62. The van der Waals surface area contributed by atoms with Gasteiger partial charge in [-0.1, -0.05) is 18.2 Å². The van der Waals surface area contributed by atoms with Crippen molar-refractivity contribution >= 4 is 22.6 Å². The number of pyridine rings is 1. The number of esters is 1. The Labute approximate surface area is 134 Å². The number of ether oxygens (including phenoxy) is 3. The van der Waals surface area contributed by atoms with Gasteiger partial charge in [-0.2, -0.15) is 0 Å². The van der Waals surface area contributed by atoms with Crippen molar-refractivity contribution in [2.75, 3.05) is 32.2 Å². The number of rotatable bonds is 5. The number of hydrogen-bond donors (Lipinski definition) is 1. The van der Waals surface area contributed by atoms with Gasteiger partial charge in [0, 0.05) is 12.0 Å². The normalized spacial score (nSPS) is 17.2. The molecule has 1 unspecified atom stereocenters. The fraction of sp³-hybridized carbons (Fsp3) is 0.412. The Morgan fingerprint density at radius 2 is 2.26 bits per heavy atom. The van der Waals surface area contributed by atoms with Crippen molar-refractivity contribution in [3.8, 4) is 5.88 Å². The van der Waals surface area contributed by atoms with Crippen LogP contribution >= 0.6 is 0 Å². The monoisotopic (exact) mass is 316 g/mol. The molecule has 2 heterocycles. The minimum absolute atomic E-state index is 0.152. The van der Waals surface area contributed by atoms with Crippen LogP contribution in [-0.2, 0) is 9.47 Å². The predicted molar refractivity (Wildman–Crippen MR) is 87.1 cm³/mol. The number of methoxy groups -OCH3 is 1. The second-order valence-corrected chi connectivity index (χ2v) is 5.31. The first kappa shape index (κ1) is 15.6.